The molecule has 0 spiro atoms. The van der Waals surface area contributed by atoms with Crippen LogP contribution in [0.4, 0.5) is 0 Å². The molecule has 0 radical (unpaired) electrons. The third kappa shape index (κ3) is 1.42. The number of fused-ring (bicyclic) bond motifs is 1. The number of hydrogen-bond donors (Lipinski definition) is 0. The van der Waals surface area contributed by atoms with Gasteiger partial charge in [0.05, 0.1) is 13.4 Å². The molecule has 0 N–H and O–H groups in total. The third-order valence-electron chi connectivity index (χ3n) is 2.64. The van der Waals surface area contributed by atoms with E-state index in [4.69, 9.17) is 9.15 Å². The summed E-state index contributed by atoms with van der Waals surface area (Å²) in [5.74, 6) is 0.702. The second-order valence-electron chi connectivity index (χ2n) is 3.53. The number of rotatable bonds is 1. The number of nitrogens with zero attached hydrogens (tertiary/aromatic N) is 1. The van der Waals surface area contributed by atoms with E-state index in [-0.39, 0.29) is 12.0 Å². The molecule has 1 aromatic heterocycles. The molecule has 76 valence electrons. The van der Waals surface area contributed by atoms with Crippen molar-refractivity contribution in [2.75, 3.05) is 14.2 Å². The average molecular weight is 195 g/mol. The van der Waals surface area contributed by atoms with Gasteiger partial charge in [-0.25, -0.2) is 0 Å². The van der Waals surface area contributed by atoms with Crippen LogP contribution in [0.1, 0.15) is 11.3 Å². The Kier molecular flexibility index (Phi) is 2.29. The fraction of sp³-hybridized carbons (Fsp3) is 0.500. The minimum atomic E-state index is -0.210. The van der Waals surface area contributed by atoms with E-state index < -0.39 is 0 Å². The Morgan fingerprint density at radius 1 is 1.71 bits per heavy atom. The SMILES string of the molecule is COC(=O)[C@@H]1Cc2occc2CN1C. The molecule has 0 fully saturated rings. The molecule has 4 heteroatoms. The lowest BCUT2D eigenvalue weighted by atomic mass is 10.0. The zero-order chi connectivity index (χ0) is 10.1. The van der Waals surface area contributed by atoms with Gasteiger partial charge >= 0.3 is 5.97 Å². The maximum absolute atomic E-state index is 11.4. The number of likely N-dealkylation sites (N-methyl/N-ethyl adjacent to an activating group) is 1. The van der Waals surface area contributed by atoms with Crippen molar-refractivity contribution in [3.8, 4) is 0 Å². The maximum Gasteiger partial charge on any atom is 0.323 e. The van der Waals surface area contributed by atoms with Crippen molar-refractivity contribution in [3.63, 3.8) is 0 Å². The molecule has 14 heavy (non-hydrogen) atoms. The van der Waals surface area contributed by atoms with Crippen molar-refractivity contribution >= 4 is 5.97 Å². The van der Waals surface area contributed by atoms with Gasteiger partial charge in [0.2, 0.25) is 0 Å². The largest absolute Gasteiger partial charge is 0.469 e. The van der Waals surface area contributed by atoms with Crippen molar-refractivity contribution in [1.29, 1.82) is 0 Å². The van der Waals surface area contributed by atoms with E-state index >= 15 is 0 Å². The first kappa shape index (κ1) is 9.27. The molecule has 0 aromatic carbocycles. The van der Waals surface area contributed by atoms with E-state index in [9.17, 15) is 4.79 Å². The number of esters is 1. The lowest BCUT2D eigenvalue weighted by molar-refractivity contribution is -0.147. The lowest BCUT2D eigenvalue weighted by Gasteiger charge is -2.29. The van der Waals surface area contributed by atoms with Crippen LogP contribution in [0, 0.1) is 0 Å². The van der Waals surface area contributed by atoms with Crippen molar-refractivity contribution < 1.29 is 13.9 Å². The highest BCUT2D eigenvalue weighted by Gasteiger charge is 2.31. The van der Waals surface area contributed by atoms with Gasteiger partial charge in [0.25, 0.3) is 0 Å². The lowest BCUT2D eigenvalue weighted by Crippen LogP contribution is -2.43. The van der Waals surface area contributed by atoms with Gasteiger partial charge in [-0.3, -0.25) is 9.69 Å². The van der Waals surface area contributed by atoms with Crippen LogP contribution in [0.15, 0.2) is 16.7 Å². The standard InChI is InChI=1S/C10H13NO3/c1-11-6-7-3-4-14-9(7)5-8(11)10(12)13-2/h3-4,8H,5-6H2,1-2H3/t8-/m0/s1. The van der Waals surface area contributed by atoms with Crippen molar-refractivity contribution in [3.05, 3.63) is 23.7 Å². The topological polar surface area (TPSA) is 42.7 Å². The summed E-state index contributed by atoms with van der Waals surface area (Å²) in [5.41, 5.74) is 1.16. The van der Waals surface area contributed by atoms with Crippen LogP contribution in [0.3, 0.4) is 0 Å². The number of carbonyl (C=O) groups excluding carboxylic acids is 1. The average Bonchev–Trinajstić information content (AvgIpc) is 2.62. The summed E-state index contributed by atoms with van der Waals surface area (Å²) in [4.78, 5) is 13.4. The Balaban J connectivity index is 2.21. The van der Waals surface area contributed by atoms with Crippen LogP contribution in [-0.2, 0) is 22.5 Å². The molecule has 0 unspecified atom stereocenters. The highest BCUT2D eigenvalue weighted by molar-refractivity contribution is 5.76. The van der Waals surface area contributed by atoms with Crippen molar-refractivity contribution in [2.24, 2.45) is 0 Å². The number of carbonyl (C=O) groups is 1. The molecule has 1 aliphatic rings. The van der Waals surface area contributed by atoms with E-state index in [0.29, 0.717) is 6.42 Å². The summed E-state index contributed by atoms with van der Waals surface area (Å²) < 4.78 is 10.0. The third-order valence-corrected chi connectivity index (χ3v) is 2.64. The molecule has 0 aliphatic carbocycles. The minimum Gasteiger partial charge on any atom is -0.469 e. The number of furan rings is 1. The predicted octanol–water partition coefficient (Wildman–Crippen LogP) is 0.809. The Bertz CT molecular complexity index is 345. The van der Waals surface area contributed by atoms with E-state index in [1.807, 2.05) is 18.0 Å². The van der Waals surface area contributed by atoms with Crippen LogP contribution in [-0.4, -0.2) is 31.1 Å². The second-order valence-corrected chi connectivity index (χ2v) is 3.53. The molecule has 1 atom stereocenters. The predicted molar refractivity (Wildman–Crippen MR) is 49.7 cm³/mol. The summed E-state index contributed by atoms with van der Waals surface area (Å²) >= 11 is 0. The molecular weight excluding hydrogens is 182 g/mol. The Morgan fingerprint density at radius 3 is 3.21 bits per heavy atom. The monoisotopic (exact) mass is 195 g/mol. The van der Waals surface area contributed by atoms with Gasteiger partial charge < -0.3 is 9.15 Å². The number of methoxy groups -OCH3 is 1. The molecule has 0 saturated heterocycles. The van der Waals surface area contributed by atoms with Crippen molar-refractivity contribution in [2.45, 2.75) is 19.0 Å². The molecule has 2 rings (SSSR count). The summed E-state index contributed by atoms with van der Waals surface area (Å²) in [5, 5.41) is 0. The number of hydrogen-bond acceptors (Lipinski definition) is 4. The zero-order valence-corrected chi connectivity index (χ0v) is 8.32. The fourth-order valence-corrected chi connectivity index (χ4v) is 1.80. The van der Waals surface area contributed by atoms with Crippen LogP contribution < -0.4 is 0 Å². The van der Waals surface area contributed by atoms with Crippen LogP contribution in [0.25, 0.3) is 0 Å². The first-order chi connectivity index (χ1) is 6.72. The molecule has 0 amide bonds. The summed E-state index contributed by atoms with van der Waals surface area (Å²) in [7, 11) is 3.32. The van der Waals surface area contributed by atoms with Gasteiger partial charge in [0, 0.05) is 18.5 Å². The van der Waals surface area contributed by atoms with E-state index in [1.54, 1.807) is 6.26 Å². The summed E-state index contributed by atoms with van der Waals surface area (Å²) in [6, 6.07) is 1.73. The summed E-state index contributed by atoms with van der Waals surface area (Å²) in [6.45, 7) is 0.742. The van der Waals surface area contributed by atoms with Gasteiger partial charge in [0.15, 0.2) is 0 Å². The summed E-state index contributed by atoms with van der Waals surface area (Å²) in [6.07, 6.45) is 2.27. The molecule has 1 aromatic rings. The Labute approximate surface area is 82.4 Å². The molecular formula is C10H13NO3. The fourth-order valence-electron chi connectivity index (χ4n) is 1.80. The van der Waals surface area contributed by atoms with Gasteiger partial charge in [-0.05, 0) is 13.1 Å². The molecule has 1 aliphatic heterocycles. The first-order valence-corrected chi connectivity index (χ1v) is 4.55. The minimum absolute atomic E-state index is 0.199. The van der Waals surface area contributed by atoms with Crippen LogP contribution in [0.2, 0.25) is 0 Å². The molecule has 0 bridgehead atoms. The second kappa shape index (κ2) is 3.46. The Hall–Kier alpha value is -1.29. The van der Waals surface area contributed by atoms with Gasteiger partial charge in [-0.2, -0.15) is 0 Å². The zero-order valence-electron chi connectivity index (χ0n) is 8.32. The van der Waals surface area contributed by atoms with Crippen molar-refractivity contribution in [1.82, 2.24) is 4.90 Å². The van der Waals surface area contributed by atoms with Crippen LogP contribution >= 0.6 is 0 Å². The van der Waals surface area contributed by atoms with E-state index in [2.05, 4.69) is 0 Å². The highest BCUT2D eigenvalue weighted by atomic mass is 16.5. The first-order valence-electron chi connectivity index (χ1n) is 4.55. The quantitative estimate of drug-likeness (QED) is 0.622. The smallest absolute Gasteiger partial charge is 0.323 e. The van der Waals surface area contributed by atoms with Gasteiger partial charge in [-0.15, -0.1) is 0 Å². The molecule has 0 saturated carbocycles. The highest BCUT2D eigenvalue weighted by Crippen LogP contribution is 2.23. The van der Waals surface area contributed by atoms with Gasteiger partial charge in [-0.1, -0.05) is 0 Å². The normalized spacial score (nSPS) is 21.7. The number of ether oxygens (including phenoxy) is 1. The van der Waals surface area contributed by atoms with Gasteiger partial charge in [0.1, 0.15) is 11.8 Å². The van der Waals surface area contributed by atoms with E-state index in [1.165, 1.54) is 7.11 Å². The van der Waals surface area contributed by atoms with E-state index in [0.717, 1.165) is 17.9 Å². The Morgan fingerprint density at radius 2 is 2.50 bits per heavy atom. The molecule has 2 heterocycles. The molecule has 4 nitrogen and oxygen atoms in total. The van der Waals surface area contributed by atoms with Crippen LogP contribution in [0.5, 0.6) is 0 Å². The maximum atomic E-state index is 11.4.